The van der Waals surface area contributed by atoms with E-state index in [1.807, 2.05) is 0 Å². The summed E-state index contributed by atoms with van der Waals surface area (Å²) in [6.45, 7) is 5.28. The smallest absolute Gasteiger partial charge is 0.238 e. The van der Waals surface area contributed by atoms with E-state index in [0.717, 1.165) is 12.0 Å². The third kappa shape index (κ3) is 6.10. The number of primary sulfonamides is 1. The van der Waals surface area contributed by atoms with Gasteiger partial charge in [0.15, 0.2) is 0 Å². The molecule has 0 spiro atoms. The fourth-order valence-electron chi connectivity index (χ4n) is 2.70. The Hall–Kier alpha value is -1.93. The predicted molar refractivity (Wildman–Crippen MR) is 98.6 cm³/mol. The molecule has 2 rings (SSSR count). The molecule has 0 bridgehead atoms. The zero-order chi connectivity index (χ0) is 19.3. The molecule has 2 amide bonds. The van der Waals surface area contributed by atoms with Crippen LogP contribution < -0.4 is 15.8 Å². The van der Waals surface area contributed by atoms with Gasteiger partial charge >= 0.3 is 0 Å². The number of sulfonamides is 1. The first kappa shape index (κ1) is 20.4. The summed E-state index contributed by atoms with van der Waals surface area (Å²) in [6.07, 6.45) is 2.11. The maximum absolute atomic E-state index is 12.1. The van der Waals surface area contributed by atoms with Crippen molar-refractivity contribution >= 4 is 21.8 Å². The molecule has 26 heavy (non-hydrogen) atoms. The van der Waals surface area contributed by atoms with Crippen molar-refractivity contribution in [3.05, 3.63) is 29.8 Å². The Morgan fingerprint density at radius 2 is 1.62 bits per heavy atom. The van der Waals surface area contributed by atoms with E-state index in [9.17, 15) is 18.0 Å². The predicted octanol–water partition coefficient (Wildman–Crippen LogP) is 0.791. The maximum atomic E-state index is 12.1. The number of benzene rings is 1. The Labute approximate surface area is 154 Å². The van der Waals surface area contributed by atoms with Crippen molar-refractivity contribution in [2.24, 2.45) is 22.9 Å². The van der Waals surface area contributed by atoms with Gasteiger partial charge < -0.3 is 10.6 Å². The van der Waals surface area contributed by atoms with Crippen LogP contribution in [0.15, 0.2) is 29.2 Å². The second-order valence-electron chi connectivity index (χ2n) is 7.15. The van der Waals surface area contributed by atoms with Crippen LogP contribution in [0.4, 0.5) is 0 Å². The van der Waals surface area contributed by atoms with Gasteiger partial charge in [-0.05, 0) is 42.9 Å². The van der Waals surface area contributed by atoms with E-state index in [1.54, 1.807) is 12.1 Å². The van der Waals surface area contributed by atoms with Crippen molar-refractivity contribution in [2.75, 3.05) is 13.1 Å². The molecule has 0 heterocycles. The van der Waals surface area contributed by atoms with Crippen LogP contribution in [0.3, 0.4) is 0 Å². The molecule has 4 N–H and O–H groups in total. The summed E-state index contributed by atoms with van der Waals surface area (Å²) >= 11 is 0. The first-order valence-corrected chi connectivity index (χ1v) is 10.4. The summed E-state index contributed by atoms with van der Waals surface area (Å²) in [5.74, 6) is -0.0535. The first-order valence-electron chi connectivity index (χ1n) is 8.85. The van der Waals surface area contributed by atoms with Crippen LogP contribution in [0, 0.1) is 17.8 Å². The molecule has 1 saturated carbocycles. The molecular weight excluding hydrogens is 354 g/mol. The van der Waals surface area contributed by atoms with Gasteiger partial charge in [-0.1, -0.05) is 26.0 Å². The lowest BCUT2D eigenvalue weighted by Crippen LogP contribution is -2.31. The third-order valence-corrected chi connectivity index (χ3v) is 5.38. The molecule has 0 aromatic heterocycles. The molecule has 1 aromatic carbocycles. The minimum Gasteiger partial charge on any atom is -0.356 e. The quantitative estimate of drug-likeness (QED) is 0.586. The van der Waals surface area contributed by atoms with Gasteiger partial charge in [0, 0.05) is 13.1 Å². The Kier molecular flexibility index (Phi) is 6.77. The van der Waals surface area contributed by atoms with Crippen molar-refractivity contribution in [1.29, 1.82) is 0 Å². The lowest BCUT2D eigenvalue weighted by atomic mass is 10.1. The van der Waals surface area contributed by atoms with Gasteiger partial charge in [0.2, 0.25) is 21.8 Å². The maximum Gasteiger partial charge on any atom is 0.238 e. The van der Waals surface area contributed by atoms with Crippen LogP contribution in [0.5, 0.6) is 0 Å². The fraction of sp³-hybridized carbons (Fsp3) is 0.556. The molecule has 1 aromatic rings. The van der Waals surface area contributed by atoms with E-state index in [0.29, 0.717) is 31.8 Å². The van der Waals surface area contributed by atoms with Gasteiger partial charge in [-0.2, -0.15) is 0 Å². The van der Waals surface area contributed by atoms with Crippen molar-refractivity contribution in [3.63, 3.8) is 0 Å². The van der Waals surface area contributed by atoms with Crippen LogP contribution in [-0.2, 0) is 26.0 Å². The molecule has 0 aliphatic heterocycles. The molecule has 1 fully saturated rings. The van der Waals surface area contributed by atoms with Gasteiger partial charge in [-0.25, -0.2) is 13.6 Å². The highest BCUT2D eigenvalue weighted by Gasteiger charge is 2.47. The van der Waals surface area contributed by atoms with E-state index in [2.05, 4.69) is 24.5 Å². The molecule has 144 valence electrons. The second kappa shape index (κ2) is 8.64. The molecular formula is C18H27N3O4S. The monoisotopic (exact) mass is 381 g/mol. The lowest BCUT2D eigenvalue weighted by Gasteiger charge is -2.08. The standard InChI is InChI=1S/C18H27N3O4S/c1-12(2)7-9-20-17(22)15-11-16(15)18(23)21-10-8-13-3-5-14(6-4-13)26(19,24)25/h3-6,12,15-16H,7-11H2,1-2H3,(H,20,22)(H,21,23)(H2,19,24,25). The van der Waals surface area contributed by atoms with E-state index in [1.165, 1.54) is 12.1 Å². The average molecular weight is 381 g/mol. The van der Waals surface area contributed by atoms with Crippen molar-refractivity contribution in [3.8, 4) is 0 Å². The Balaban J connectivity index is 1.69. The topological polar surface area (TPSA) is 118 Å². The van der Waals surface area contributed by atoms with Gasteiger partial charge in [0.25, 0.3) is 0 Å². The number of rotatable bonds is 9. The molecule has 8 heteroatoms. The summed E-state index contributed by atoms with van der Waals surface area (Å²) in [6, 6.07) is 6.25. The normalized spacial score (nSPS) is 19.2. The zero-order valence-corrected chi connectivity index (χ0v) is 16.0. The largest absolute Gasteiger partial charge is 0.356 e. The molecule has 0 radical (unpaired) electrons. The highest BCUT2D eigenvalue weighted by atomic mass is 32.2. The minimum atomic E-state index is -3.69. The summed E-state index contributed by atoms with van der Waals surface area (Å²) in [4.78, 5) is 24.1. The fourth-order valence-corrected chi connectivity index (χ4v) is 3.21. The van der Waals surface area contributed by atoms with Crippen molar-refractivity contribution in [2.45, 2.75) is 38.0 Å². The number of amides is 2. The number of hydrogen-bond donors (Lipinski definition) is 3. The molecule has 7 nitrogen and oxygen atoms in total. The van der Waals surface area contributed by atoms with Gasteiger partial charge in [-0.15, -0.1) is 0 Å². The zero-order valence-electron chi connectivity index (χ0n) is 15.2. The summed E-state index contributed by atoms with van der Waals surface area (Å²) in [7, 11) is -3.69. The van der Waals surface area contributed by atoms with E-state index >= 15 is 0 Å². The van der Waals surface area contributed by atoms with Gasteiger partial charge in [0.05, 0.1) is 16.7 Å². The van der Waals surface area contributed by atoms with E-state index in [4.69, 9.17) is 5.14 Å². The Morgan fingerprint density at radius 1 is 1.08 bits per heavy atom. The Bertz CT molecular complexity index is 744. The van der Waals surface area contributed by atoms with E-state index < -0.39 is 10.0 Å². The highest BCUT2D eigenvalue weighted by Crippen LogP contribution is 2.38. The lowest BCUT2D eigenvalue weighted by molar-refractivity contribution is -0.127. The third-order valence-electron chi connectivity index (χ3n) is 4.45. The molecule has 2 atom stereocenters. The van der Waals surface area contributed by atoms with Crippen molar-refractivity contribution < 1.29 is 18.0 Å². The molecule has 1 aliphatic carbocycles. The number of carbonyl (C=O) groups excluding carboxylic acids is 2. The SMILES string of the molecule is CC(C)CCNC(=O)C1CC1C(=O)NCCc1ccc(S(N)(=O)=O)cc1. The van der Waals surface area contributed by atoms with Crippen LogP contribution in [0.1, 0.15) is 32.3 Å². The van der Waals surface area contributed by atoms with Gasteiger partial charge in [0.1, 0.15) is 0 Å². The summed E-state index contributed by atoms with van der Waals surface area (Å²) in [5, 5.41) is 10.8. The number of nitrogens with one attached hydrogen (secondary N) is 2. The van der Waals surface area contributed by atoms with E-state index in [-0.39, 0.29) is 28.5 Å². The molecule has 0 saturated heterocycles. The number of carbonyl (C=O) groups is 2. The minimum absolute atomic E-state index is 0.0376. The van der Waals surface area contributed by atoms with Crippen LogP contribution in [0.25, 0.3) is 0 Å². The van der Waals surface area contributed by atoms with Crippen LogP contribution in [0.2, 0.25) is 0 Å². The second-order valence-corrected chi connectivity index (χ2v) is 8.71. The first-order chi connectivity index (χ1) is 12.2. The average Bonchev–Trinajstić information content (AvgIpc) is 3.35. The van der Waals surface area contributed by atoms with Gasteiger partial charge in [-0.3, -0.25) is 9.59 Å². The molecule has 1 aliphatic rings. The Morgan fingerprint density at radius 3 is 2.12 bits per heavy atom. The summed E-state index contributed by atoms with van der Waals surface area (Å²) < 4.78 is 22.4. The summed E-state index contributed by atoms with van der Waals surface area (Å²) in [5.41, 5.74) is 0.900. The molecule has 2 unspecified atom stereocenters. The van der Waals surface area contributed by atoms with Crippen LogP contribution in [-0.4, -0.2) is 33.3 Å². The highest BCUT2D eigenvalue weighted by molar-refractivity contribution is 7.89. The number of nitrogens with two attached hydrogens (primary N) is 1. The number of hydrogen-bond acceptors (Lipinski definition) is 4. The van der Waals surface area contributed by atoms with Crippen LogP contribution >= 0.6 is 0 Å². The van der Waals surface area contributed by atoms with Crippen molar-refractivity contribution in [1.82, 2.24) is 10.6 Å².